The zero-order valence-electron chi connectivity index (χ0n) is 29.1. The van der Waals surface area contributed by atoms with Gasteiger partial charge in [0.1, 0.15) is 36.1 Å². The van der Waals surface area contributed by atoms with E-state index in [0.717, 1.165) is 24.0 Å². The van der Waals surface area contributed by atoms with Crippen LogP contribution in [0.2, 0.25) is 0 Å². The Bertz CT molecular complexity index is 2100. The standard InChI is InChI=1S/C40H38BrFN2O9/c1-49-39(50-2)28-30(41)34(51-19-21-11-5-3-6-12-21)27-24(31(28)42)17-23-18-25-32(44-15-9-10-16-44)35-29(37(47)40(25,48)36(46)26(23)33(27)45)38(43-53-35)52-20-22-13-7-4-8-14-22/h3-8,11-14,23,25,32,39,45,48H,9-10,15-20H2,1-2H3/t23-,25-,32-,40-/m0/s1. The fraction of sp³-hybridized carbons (Fsp3) is 0.375. The largest absolute Gasteiger partial charge is 0.507 e. The number of likely N-dealkylation sites (tertiary alicyclic amines) is 1. The maximum absolute atomic E-state index is 16.8. The van der Waals surface area contributed by atoms with E-state index < -0.39 is 52.9 Å². The van der Waals surface area contributed by atoms with Crippen LogP contribution in [0.15, 0.2) is 75.2 Å². The third kappa shape index (κ3) is 5.72. The van der Waals surface area contributed by atoms with Gasteiger partial charge in [-0.3, -0.25) is 14.5 Å². The van der Waals surface area contributed by atoms with E-state index in [1.54, 1.807) is 0 Å². The van der Waals surface area contributed by atoms with Crippen molar-refractivity contribution in [2.24, 2.45) is 11.8 Å². The van der Waals surface area contributed by atoms with Gasteiger partial charge in [0.15, 0.2) is 17.7 Å². The molecule has 0 radical (unpaired) electrons. The van der Waals surface area contributed by atoms with Gasteiger partial charge in [0.05, 0.1) is 21.6 Å². The molecule has 8 rings (SSSR count). The first kappa shape index (κ1) is 35.6. The van der Waals surface area contributed by atoms with E-state index in [-0.39, 0.29) is 75.7 Å². The Balaban J connectivity index is 1.26. The predicted octanol–water partition coefficient (Wildman–Crippen LogP) is 6.82. The van der Waals surface area contributed by atoms with Gasteiger partial charge in [0.2, 0.25) is 11.6 Å². The Hall–Kier alpha value is -4.40. The van der Waals surface area contributed by atoms with Crippen molar-refractivity contribution in [2.75, 3.05) is 27.3 Å². The number of hydrogen-bond donors (Lipinski definition) is 2. The van der Waals surface area contributed by atoms with Crippen molar-refractivity contribution in [3.63, 3.8) is 0 Å². The van der Waals surface area contributed by atoms with Crippen LogP contribution in [0.1, 0.15) is 75.5 Å². The van der Waals surface area contributed by atoms with Crippen LogP contribution in [0.25, 0.3) is 5.76 Å². The zero-order chi connectivity index (χ0) is 37.0. The topological polar surface area (TPSA) is 141 Å². The molecule has 2 N–H and O–H groups in total. The first-order chi connectivity index (χ1) is 25.7. The van der Waals surface area contributed by atoms with E-state index in [0.29, 0.717) is 13.1 Å². The molecule has 1 saturated carbocycles. The maximum Gasteiger partial charge on any atom is 0.265 e. The van der Waals surface area contributed by atoms with Gasteiger partial charge in [-0.1, -0.05) is 60.7 Å². The summed E-state index contributed by atoms with van der Waals surface area (Å²) in [7, 11) is 2.77. The Labute approximate surface area is 313 Å². The monoisotopic (exact) mass is 788 g/mol. The molecule has 4 aromatic rings. The molecular formula is C40H38BrFN2O9. The molecule has 3 aliphatic carbocycles. The van der Waals surface area contributed by atoms with E-state index >= 15 is 4.39 Å². The van der Waals surface area contributed by atoms with Gasteiger partial charge in [0, 0.05) is 31.3 Å². The number of methoxy groups -OCH3 is 2. The summed E-state index contributed by atoms with van der Waals surface area (Å²) in [4.78, 5) is 31.6. The van der Waals surface area contributed by atoms with Crippen molar-refractivity contribution < 1.29 is 47.7 Å². The molecule has 1 aliphatic heterocycles. The van der Waals surface area contributed by atoms with Gasteiger partial charge in [-0.05, 0) is 76.9 Å². The Morgan fingerprint density at radius 1 is 0.962 bits per heavy atom. The van der Waals surface area contributed by atoms with Crippen molar-refractivity contribution in [3.8, 4) is 11.6 Å². The van der Waals surface area contributed by atoms with E-state index in [1.165, 1.54) is 14.2 Å². The molecule has 13 heteroatoms. The molecule has 4 aliphatic rings. The summed E-state index contributed by atoms with van der Waals surface area (Å²) in [6.45, 7) is 1.41. The first-order valence-corrected chi connectivity index (χ1v) is 18.4. The number of Topliss-reactive ketones (excluding diaryl/α,β-unsaturated/α-hetero) is 2. The molecule has 0 bridgehead atoms. The van der Waals surface area contributed by atoms with Crippen molar-refractivity contribution in [3.05, 3.63) is 116 Å². The number of hydrogen-bond acceptors (Lipinski definition) is 11. The lowest BCUT2D eigenvalue weighted by Crippen LogP contribution is -2.63. The van der Waals surface area contributed by atoms with Crippen LogP contribution in [-0.4, -0.2) is 64.7 Å². The van der Waals surface area contributed by atoms with E-state index in [1.807, 2.05) is 60.7 Å². The van der Waals surface area contributed by atoms with E-state index in [2.05, 4.69) is 26.0 Å². The molecule has 0 unspecified atom stereocenters. The normalized spacial score (nSPS) is 23.8. The molecule has 3 aromatic carbocycles. The van der Waals surface area contributed by atoms with Crippen LogP contribution in [0.3, 0.4) is 0 Å². The minimum Gasteiger partial charge on any atom is -0.507 e. The molecule has 0 amide bonds. The van der Waals surface area contributed by atoms with E-state index in [4.69, 9.17) is 23.5 Å². The smallest absolute Gasteiger partial charge is 0.265 e. The highest BCUT2D eigenvalue weighted by Crippen LogP contribution is 2.58. The average Bonchev–Trinajstić information content (AvgIpc) is 3.86. The molecule has 1 saturated heterocycles. The number of ketones is 2. The minimum atomic E-state index is -2.59. The third-order valence-electron chi connectivity index (χ3n) is 11.0. The van der Waals surface area contributed by atoms with Crippen LogP contribution in [-0.2, 0) is 33.9 Å². The molecule has 0 spiro atoms. The van der Waals surface area contributed by atoms with Crippen LogP contribution >= 0.6 is 15.9 Å². The summed E-state index contributed by atoms with van der Waals surface area (Å²) in [6, 6.07) is 17.9. The van der Waals surface area contributed by atoms with Crippen molar-refractivity contribution in [1.82, 2.24) is 10.1 Å². The SMILES string of the molecule is COC(OC)c1c(F)c2c(c(OCc3ccccc3)c1Br)C(O)=C1C(=O)[C@]3(O)C(=O)c4c(OCc5ccccc5)noc4[C@@H](N4CCCC4)[C@@H]3C[C@@H]1C2. The summed E-state index contributed by atoms with van der Waals surface area (Å²) < 4.78 is 46.0. The van der Waals surface area contributed by atoms with Gasteiger partial charge in [-0.2, -0.15) is 0 Å². The van der Waals surface area contributed by atoms with Gasteiger partial charge < -0.3 is 33.7 Å². The number of ether oxygens (including phenoxy) is 4. The Morgan fingerprint density at radius 3 is 2.21 bits per heavy atom. The Kier molecular flexibility index (Phi) is 9.48. The van der Waals surface area contributed by atoms with Crippen LogP contribution in [0, 0.1) is 17.7 Å². The molecule has 276 valence electrons. The summed E-state index contributed by atoms with van der Waals surface area (Å²) >= 11 is 3.49. The third-order valence-corrected chi connectivity index (χ3v) is 11.8. The van der Waals surface area contributed by atoms with Crippen molar-refractivity contribution in [2.45, 2.75) is 56.8 Å². The second kappa shape index (κ2) is 14.1. The summed E-state index contributed by atoms with van der Waals surface area (Å²) in [5, 5.41) is 28.9. The number of aliphatic hydroxyl groups is 2. The highest BCUT2D eigenvalue weighted by molar-refractivity contribution is 9.10. The minimum absolute atomic E-state index is 0.0311. The Morgan fingerprint density at radius 2 is 1.58 bits per heavy atom. The highest BCUT2D eigenvalue weighted by Gasteiger charge is 2.66. The number of benzene rings is 3. The lowest BCUT2D eigenvalue weighted by atomic mass is 9.57. The number of carbonyl (C=O) groups excluding carboxylic acids is 2. The summed E-state index contributed by atoms with van der Waals surface area (Å²) in [6.07, 6.45) is 0.663. The molecule has 11 nitrogen and oxygen atoms in total. The number of aromatic nitrogens is 1. The molecule has 4 atom stereocenters. The highest BCUT2D eigenvalue weighted by atomic mass is 79.9. The molecule has 2 fully saturated rings. The zero-order valence-corrected chi connectivity index (χ0v) is 30.7. The van der Waals surface area contributed by atoms with Crippen LogP contribution in [0.5, 0.6) is 11.6 Å². The molecule has 1 aromatic heterocycles. The second-order valence-corrected chi connectivity index (χ2v) is 14.7. The van der Waals surface area contributed by atoms with Crippen molar-refractivity contribution >= 4 is 33.3 Å². The van der Waals surface area contributed by atoms with Crippen molar-refractivity contribution in [1.29, 1.82) is 0 Å². The summed E-state index contributed by atoms with van der Waals surface area (Å²) in [5.41, 5.74) is -1.12. The molecular weight excluding hydrogens is 751 g/mol. The fourth-order valence-electron chi connectivity index (χ4n) is 8.57. The number of nitrogens with zero attached hydrogens (tertiary/aromatic N) is 2. The van der Waals surface area contributed by atoms with Gasteiger partial charge in [0.25, 0.3) is 5.88 Å². The lowest BCUT2D eigenvalue weighted by Gasteiger charge is -2.50. The number of rotatable bonds is 10. The van der Waals surface area contributed by atoms with Crippen LogP contribution < -0.4 is 9.47 Å². The predicted molar refractivity (Wildman–Crippen MR) is 192 cm³/mol. The van der Waals surface area contributed by atoms with Gasteiger partial charge in [-0.15, -0.1) is 0 Å². The maximum atomic E-state index is 16.8. The number of carbonyl (C=O) groups is 2. The number of fused-ring (bicyclic) bond motifs is 4. The number of aliphatic hydroxyl groups excluding tert-OH is 1. The first-order valence-electron chi connectivity index (χ1n) is 17.6. The fourth-order valence-corrected chi connectivity index (χ4v) is 9.24. The molecule has 2 heterocycles. The van der Waals surface area contributed by atoms with E-state index in [9.17, 15) is 19.8 Å². The lowest BCUT2D eigenvalue weighted by molar-refractivity contribution is -0.143. The average molecular weight is 790 g/mol. The second-order valence-electron chi connectivity index (χ2n) is 13.9. The van der Waals surface area contributed by atoms with Crippen LogP contribution in [0.4, 0.5) is 4.39 Å². The van der Waals surface area contributed by atoms with Gasteiger partial charge in [-0.25, -0.2) is 4.39 Å². The summed E-state index contributed by atoms with van der Waals surface area (Å²) in [5.74, 6) is -4.67. The molecule has 53 heavy (non-hydrogen) atoms. The quantitative estimate of drug-likeness (QED) is 0.129. The number of halogens is 2. The van der Waals surface area contributed by atoms with Gasteiger partial charge >= 0.3 is 0 Å².